The highest BCUT2D eigenvalue weighted by atomic mass is 31.2. The summed E-state index contributed by atoms with van der Waals surface area (Å²) in [5, 5.41) is 0. The van der Waals surface area contributed by atoms with Crippen molar-refractivity contribution in [3.63, 3.8) is 0 Å². The summed E-state index contributed by atoms with van der Waals surface area (Å²) in [6, 6.07) is 0. The van der Waals surface area contributed by atoms with E-state index in [2.05, 4.69) is 6.58 Å². The smallest absolute Gasteiger partial charge is 0.472 e. The summed E-state index contributed by atoms with van der Waals surface area (Å²) in [7, 11) is 2.03. The van der Waals surface area contributed by atoms with Crippen LogP contribution >= 0.6 is 7.82 Å². The van der Waals surface area contributed by atoms with Crippen molar-refractivity contribution < 1.29 is 27.7 Å². The molecule has 108 valence electrons. The molecular weight excluding hydrogens is 257 g/mol. The van der Waals surface area contributed by atoms with Gasteiger partial charge in [-0.1, -0.05) is 6.58 Å². The molecule has 0 bridgehead atoms. The predicted octanol–water partition coefficient (Wildman–Crippen LogP) is 1.77. The number of nitrogens with zero attached hydrogens (tertiary/aromatic N) is 1. The van der Waals surface area contributed by atoms with Crippen molar-refractivity contribution in [2.45, 2.75) is 12.8 Å². The Kier molecular flexibility index (Phi) is 8.48. The average Bonchev–Trinajstić information content (AvgIpc) is 2.21. The Hall–Kier alpha value is -0.390. The number of hydrogen-bond donors (Lipinski definition) is 1. The van der Waals surface area contributed by atoms with Crippen LogP contribution in [0.5, 0.6) is 0 Å². The lowest BCUT2D eigenvalue weighted by molar-refractivity contribution is -0.870. The molecule has 0 aliphatic heterocycles. The maximum atomic E-state index is 11.4. The molecular formula is C11H25NO5P+. The van der Waals surface area contributed by atoms with Crippen LogP contribution in [0.1, 0.15) is 12.8 Å². The lowest BCUT2D eigenvalue weighted by atomic mass is 10.3. The van der Waals surface area contributed by atoms with Crippen LogP contribution < -0.4 is 0 Å². The van der Waals surface area contributed by atoms with Crippen molar-refractivity contribution in [1.29, 1.82) is 0 Å². The summed E-state index contributed by atoms with van der Waals surface area (Å²) < 4.78 is 26.7. The van der Waals surface area contributed by atoms with Gasteiger partial charge in [0, 0.05) is 0 Å². The number of quaternary nitrogens is 1. The maximum absolute atomic E-state index is 11.4. The maximum Gasteiger partial charge on any atom is 0.472 e. The van der Waals surface area contributed by atoms with E-state index < -0.39 is 7.82 Å². The molecule has 0 aliphatic carbocycles. The fraction of sp³-hybridized carbons (Fsp3) is 0.818. The normalized spacial score (nSPS) is 15.1. The molecule has 0 fully saturated rings. The monoisotopic (exact) mass is 282 g/mol. The van der Waals surface area contributed by atoms with Gasteiger partial charge in [-0.15, -0.1) is 0 Å². The lowest BCUT2D eigenvalue weighted by Crippen LogP contribution is -2.37. The highest BCUT2D eigenvalue weighted by Crippen LogP contribution is 2.43. The molecule has 0 aromatic carbocycles. The van der Waals surface area contributed by atoms with E-state index in [0.29, 0.717) is 24.1 Å². The molecule has 1 N–H and O–H groups in total. The Morgan fingerprint density at radius 1 is 1.17 bits per heavy atom. The number of unbranched alkanes of at least 4 members (excludes halogenated alkanes) is 1. The fourth-order valence-corrected chi connectivity index (χ4v) is 1.76. The predicted molar refractivity (Wildman–Crippen MR) is 70.0 cm³/mol. The molecule has 0 aromatic rings. The van der Waals surface area contributed by atoms with Gasteiger partial charge in [-0.2, -0.15) is 0 Å². The minimum absolute atomic E-state index is 0.179. The van der Waals surface area contributed by atoms with E-state index in [4.69, 9.17) is 13.8 Å². The van der Waals surface area contributed by atoms with Gasteiger partial charge in [-0.05, 0) is 12.8 Å². The van der Waals surface area contributed by atoms with Crippen molar-refractivity contribution in [1.82, 2.24) is 0 Å². The average molecular weight is 282 g/mol. The second-order valence-corrected chi connectivity index (χ2v) is 6.35. The van der Waals surface area contributed by atoms with Crippen molar-refractivity contribution >= 4 is 7.82 Å². The molecule has 7 heteroatoms. The molecule has 0 heterocycles. The van der Waals surface area contributed by atoms with Crippen molar-refractivity contribution in [3.05, 3.63) is 12.8 Å². The third kappa shape index (κ3) is 12.1. The van der Waals surface area contributed by atoms with Crippen molar-refractivity contribution in [2.75, 3.05) is 47.5 Å². The van der Waals surface area contributed by atoms with Crippen molar-refractivity contribution in [3.8, 4) is 0 Å². The van der Waals surface area contributed by atoms with Crippen LogP contribution in [0, 0.1) is 0 Å². The number of phosphoric ester groups is 1. The summed E-state index contributed by atoms with van der Waals surface area (Å²) in [6.07, 6.45) is 2.74. The Bertz CT molecular complexity index is 277. The highest BCUT2D eigenvalue weighted by Gasteiger charge is 2.21. The van der Waals surface area contributed by atoms with E-state index in [1.807, 2.05) is 21.1 Å². The van der Waals surface area contributed by atoms with Crippen LogP contribution in [0.25, 0.3) is 0 Å². The van der Waals surface area contributed by atoms with Gasteiger partial charge in [0.1, 0.15) is 13.2 Å². The van der Waals surface area contributed by atoms with E-state index in [1.54, 1.807) is 0 Å². The molecule has 0 aromatic heterocycles. The van der Waals surface area contributed by atoms with E-state index in [-0.39, 0.29) is 13.2 Å². The number of phosphoric acid groups is 1. The lowest BCUT2D eigenvalue weighted by Gasteiger charge is -2.24. The van der Waals surface area contributed by atoms with Gasteiger partial charge >= 0.3 is 7.82 Å². The zero-order valence-corrected chi connectivity index (χ0v) is 12.4. The van der Waals surface area contributed by atoms with E-state index in [9.17, 15) is 9.46 Å². The zero-order valence-electron chi connectivity index (χ0n) is 11.5. The molecule has 0 spiro atoms. The minimum atomic E-state index is -3.91. The molecule has 0 aliphatic rings. The van der Waals surface area contributed by atoms with Crippen LogP contribution in [-0.2, 0) is 18.3 Å². The van der Waals surface area contributed by atoms with Gasteiger partial charge in [0.05, 0.1) is 40.6 Å². The van der Waals surface area contributed by atoms with Gasteiger partial charge < -0.3 is 14.1 Å². The molecule has 0 amide bonds. The summed E-state index contributed by atoms with van der Waals surface area (Å²) in [4.78, 5) is 9.37. The van der Waals surface area contributed by atoms with E-state index in [1.165, 1.54) is 6.26 Å². The molecule has 0 rings (SSSR count). The molecule has 0 saturated heterocycles. The molecule has 1 unspecified atom stereocenters. The number of ether oxygens (including phenoxy) is 1. The van der Waals surface area contributed by atoms with Crippen molar-refractivity contribution in [2.24, 2.45) is 0 Å². The van der Waals surface area contributed by atoms with Crippen LogP contribution in [0.3, 0.4) is 0 Å². The van der Waals surface area contributed by atoms with Crippen LogP contribution in [0.4, 0.5) is 0 Å². The summed E-state index contributed by atoms with van der Waals surface area (Å²) in [5.74, 6) is 0. The Balaban J connectivity index is 3.61. The first-order valence-corrected chi connectivity index (χ1v) is 7.41. The second kappa shape index (κ2) is 8.67. The fourth-order valence-electron chi connectivity index (χ4n) is 1.02. The summed E-state index contributed by atoms with van der Waals surface area (Å²) >= 11 is 0. The number of rotatable bonds is 11. The molecule has 6 nitrogen and oxygen atoms in total. The zero-order chi connectivity index (χ0) is 14.1. The quantitative estimate of drug-likeness (QED) is 0.271. The van der Waals surface area contributed by atoms with Crippen LogP contribution in [0.15, 0.2) is 12.8 Å². The van der Waals surface area contributed by atoms with Gasteiger partial charge in [-0.25, -0.2) is 4.57 Å². The second-order valence-electron chi connectivity index (χ2n) is 4.89. The third-order valence-electron chi connectivity index (χ3n) is 2.05. The summed E-state index contributed by atoms with van der Waals surface area (Å²) in [6.45, 7) is 4.95. The largest absolute Gasteiger partial charge is 0.502 e. The van der Waals surface area contributed by atoms with Gasteiger partial charge in [-0.3, -0.25) is 9.05 Å². The highest BCUT2D eigenvalue weighted by molar-refractivity contribution is 7.47. The first-order chi connectivity index (χ1) is 8.27. The SMILES string of the molecule is C=COCCCCOP(=O)(O)OCC[N+](C)(C)C. The van der Waals surface area contributed by atoms with Gasteiger partial charge in [0.2, 0.25) is 0 Å². The van der Waals surface area contributed by atoms with E-state index in [0.717, 1.165) is 6.42 Å². The van der Waals surface area contributed by atoms with Crippen LogP contribution in [0.2, 0.25) is 0 Å². The molecule has 0 saturated carbocycles. The first kappa shape index (κ1) is 17.6. The van der Waals surface area contributed by atoms with Crippen LogP contribution in [-0.4, -0.2) is 56.9 Å². The van der Waals surface area contributed by atoms with Gasteiger partial charge in [0.15, 0.2) is 0 Å². The molecule has 0 radical (unpaired) electrons. The standard InChI is InChI=1S/C11H24NO5P/c1-5-15-9-6-7-10-16-18(13,14)17-11-8-12(2,3)4/h5H,1,6-11H2,2-4H3/p+1. The topological polar surface area (TPSA) is 65.0 Å². The Labute approximate surface area is 109 Å². The molecule has 1 atom stereocenters. The number of hydrogen-bond acceptors (Lipinski definition) is 4. The Morgan fingerprint density at radius 3 is 2.28 bits per heavy atom. The molecule has 18 heavy (non-hydrogen) atoms. The Morgan fingerprint density at radius 2 is 1.72 bits per heavy atom. The van der Waals surface area contributed by atoms with E-state index >= 15 is 0 Å². The minimum Gasteiger partial charge on any atom is -0.502 e. The van der Waals surface area contributed by atoms with Gasteiger partial charge in [0.25, 0.3) is 0 Å². The first-order valence-electron chi connectivity index (χ1n) is 5.92. The number of likely N-dealkylation sites (N-methyl/N-ethyl adjacent to an activating group) is 1. The summed E-state index contributed by atoms with van der Waals surface area (Å²) in [5.41, 5.74) is 0. The third-order valence-corrected chi connectivity index (χ3v) is 3.06.